The lowest BCUT2D eigenvalue weighted by Gasteiger charge is -2.12. The van der Waals surface area contributed by atoms with Gasteiger partial charge < -0.3 is 16.4 Å². The van der Waals surface area contributed by atoms with E-state index in [-0.39, 0.29) is 28.1 Å². The highest BCUT2D eigenvalue weighted by atomic mass is 35.5. The third-order valence-electron chi connectivity index (χ3n) is 3.19. The van der Waals surface area contributed by atoms with E-state index in [1.54, 1.807) is 12.1 Å². The van der Waals surface area contributed by atoms with Gasteiger partial charge in [0.2, 0.25) is 0 Å². The Kier molecular flexibility index (Phi) is 5.58. The number of hydrogen-bond acceptors (Lipinski definition) is 5. The minimum atomic E-state index is -0.739. The lowest BCUT2D eigenvalue weighted by atomic mass is 10.2. The van der Waals surface area contributed by atoms with Crippen LogP contribution in [0.3, 0.4) is 0 Å². The number of hydrogen-bond donors (Lipinski definition) is 3. The second kappa shape index (κ2) is 7.46. The number of primary amides is 1. The Bertz CT molecular complexity index is 811. The minimum absolute atomic E-state index is 0.0345. The van der Waals surface area contributed by atoms with Gasteiger partial charge in [0.25, 0.3) is 11.8 Å². The van der Waals surface area contributed by atoms with E-state index >= 15 is 0 Å². The van der Waals surface area contributed by atoms with Crippen molar-refractivity contribution in [2.24, 2.45) is 5.73 Å². The van der Waals surface area contributed by atoms with Gasteiger partial charge in [0.15, 0.2) is 16.7 Å². The zero-order chi connectivity index (χ0) is 17.9. The fraction of sp³-hybridized carbons (Fsp3) is 0.200. The Hall–Kier alpha value is -2.38. The third kappa shape index (κ3) is 3.74. The molecular formula is C15H15Cl2N5O2. The fourth-order valence-electron chi connectivity index (χ4n) is 1.98. The molecule has 4 N–H and O–H groups in total. The largest absolute Gasteiger partial charge is 0.364 e. The summed E-state index contributed by atoms with van der Waals surface area (Å²) in [4.78, 5) is 31.7. The normalized spacial score (nSPS) is 10.3. The van der Waals surface area contributed by atoms with Crippen LogP contribution in [0.1, 0.15) is 33.5 Å². The van der Waals surface area contributed by atoms with Crippen LogP contribution in [-0.2, 0) is 6.42 Å². The average Bonchev–Trinajstić information content (AvgIpc) is 2.55. The highest BCUT2D eigenvalue weighted by molar-refractivity contribution is 6.34. The van der Waals surface area contributed by atoms with Crippen LogP contribution in [0, 0.1) is 0 Å². The van der Waals surface area contributed by atoms with Crippen molar-refractivity contribution >= 4 is 46.5 Å². The van der Waals surface area contributed by atoms with Crippen molar-refractivity contribution in [1.29, 1.82) is 0 Å². The average molecular weight is 368 g/mol. The molecule has 1 aromatic heterocycles. The Labute approximate surface area is 148 Å². The Morgan fingerprint density at radius 3 is 2.54 bits per heavy atom. The van der Waals surface area contributed by atoms with Crippen LogP contribution in [0.4, 0.5) is 11.5 Å². The molecule has 0 saturated carbocycles. The molecule has 2 amide bonds. The quantitative estimate of drug-likeness (QED) is 0.751. The number of benzene rings is 1. The summed E-state index contributed by atoms with van der Waals surface area (Å²) >= 11 is 12.1. The number of anilines is 2. The predicted molar refractivity (Wildman–Crippen MR) is 93.1 cm³/mol. The van der Waals surface area contributed by atoms with E-state index in [9.17, 15) is 9.59 Å². The molecule has 0 aliphatic heterocycles. The maximum atomic E-state index is 11.8. The highest BCUT2D eigenvalue weighted by Gasteiger charge is 2.17. The Balaban J connectivity index is 2.46. The second-order valence-electron chi connectivity index (χ2n) is 4.77. The number of nitrogens with zero attached hydrogens (tertiary/aromatic N) is 2. The SMILES string of the molecule is CCc1nc(C(N)=O)c(Nc2ccc(Cl)c(C(=O)NC)c2)nc1Cl. The molecule has 0 bridgehead atoms. The van der Waals surface area contributed by atoms with Crippen molar-refractivity contribution in [2.75, 3.05) is 12.4 Å². The zero-order valence-corrected chi connectivity index (χ0v) is 14.5. The summed E-state index contributed by atoms with van der Waals surface area (Å²) in [7, 11) is 1.50. The molecule has 126 valence electrons. The molecule has 0 fully saturated rings. The van der Waals surface area contributed by atoms with Crippen molar-refractivity contribution in [3.8, 4) is 0 Å². The van der Waals surface area contributed by atoms with E-state index in [1.165, 1.54) is 13.1 Å². The molecule has 0 radical (unpaired) electrons. The lowest BCUT2D eigenvalue weighted by Crippen LogP contribution is -2.19. The first kappa shape index (κ1) is 18.0. The van der Waals surface area contributed by atoms with Crippen molar-refractivity contribution in [3.05, 3.63) is 45.3 Å². The number of nitrogens with two attached hydrogens (primary N) is 1. The molecule has 1 aromatic carbocycles. The van der Waals surface area contributed by atoms with E-state index in [4.69, 9.17) is 28.9 Å². The monoisotopic (exact) mass is 367 g/mol. The predicted octanol–water partition coefficient (Wildman–Crippen LogP) is 2.55. The van der Waals surface area contributed by atoms with Crippen LogP contribution in [-0.4, -0.2) is 28.8 Å². The second-order valence-corrected chi connectivity index (χ2v) is 5.54. The van der Waals surface area contributed by atoms with Gasteiger partial charge >= 0.3 is 0 Å². The number of amides is 2. The van der Waals surface area contributed by atoms with E-state index in [2.05, 4.69) is 20.6 Å². The van der Waals surface area contributed by atoms with E-state index in [0.29, 0.717) is 22.8 Å². The maximum Gasteiger partial charge on any atom is 0.271 e. The first-order chi connectivity index (χ1) is 11.4. The van der Waals surface area contributed by atoms with Gasteiger partial charge in [-0.2, -0.15) is 0 Å². The van der Waals surface area contributed by atoms with E-state index in [0.717, 1.165) is 0 Å². The molecule has 9 heteroatoms. The number of aryl methyl sites for hydroxylation is 1. The molecule has 0 saturated heterocycles. The highest BCUT2D eigenvalue weighted by Crippen LogP contribution is 2.25. The minimum Gasteiger partial charge on any atom is -0.364 e. The summed E-state index contributed by atoms with van der Waals surface area (Å²) in [5.41, 5.74) is 6.55. The van der Waals surface area contributed by atoms with Gasteiger partial charge in [-0.05, 0) is 24.6 Å². The zero-order valence-electron chi connectivity index (χ0n) is 13.0. The molecular weight excluding hydrogens is 353 g/mol. The van der Waals surface area contributed by atoms with Gasteiger partial charge in [-0.25, -0.2) is 9.97 Å². The van der Waals surface area contributed by atoms with E-state index in [1.807, 2.05) is 6.92 Å². The molecule has 0 atom stereocenters. The van der Waals surface area contributed by atoms with Crippen molar-refractivity contribution in [1.82, 2.24) is 15.3 Å². The van der Waals surface area contributed by atoms with Crippen molar-refractivity contribution in [3.63, 3.8) is 0 Å². The number of carbonyl (C=O) groups is 2. The van der Waals surface area contributed by atoms with Crippen LogP contribution in [0.25, 0.3) is 0 Å². The number of nitrogens with one attached hydrogen (secondary N) is 2. The smallest absolute Gasteiger partial charge is 0.271 e. The van der Waals surface area contributed by atoms with Crippen molar-refractivity contribution in [2.45, 2.75) is 13.3 Å². The molecule has 24 heavy (non-hydrogen) atoms. The van der Waals surface area contributed by atoms with Gasteiger partial charge in [0, 0.05) is 12.7 Å². The Morgan fingerprint density at radius 1 is 1.25 bits per heavy atom. The molecule has 0 spiro atoms. The number of carbonyl (C=O) groups excluding carboxylic acids is 2. The van der Waals surface area contributed by atoms with E-state index < -0.39 is 5.91 Å². The standard InChI is InChI=1S/C15H15Cl2N5O2/c1-3-10-12(17)22-14(11(21-10)13(18)23)20-7-4-5-9(16)8(6-7)15(24)19-2/h4-6H,3H2,1-2H3,(H2,18,23)(H,19,24)(H,20,22). The molecule has 0 aliphatic carbocycles. The van der Waals surface area contributed by atoms with Crippen LogP contribution in [0.2, 0.25) is 10.2 Å². The molecule has 2 aromatic rings. The van der Waals surface area contributed by atoms with Crippen LogP contribution in [0.5, 0.6) is 0 Å². The Morgan fingerprint density at radius 2 is 1.96 bits per heavy atom. The summed E-state index contributed by atoms with van der Waals surface area (Å²) < 4.78 is 0. The maximum absolute atomic E-state index is 11.8. The topological polar surface area (TPSA) is 110 Å². The van der Waals surface area contributed by atoms with Crippen LogP contribution in [0.15, 0.2) is 18.2 Å². The lowest BCUT2D eigenvalue weighted by molar-refractivity contribution is 0.0961. The number of rotatable bonds is 5. The summed E-state index contributed by atoms with van der Waals surface area (Å²) in [6, 6.07) is 4.70. The molecule has 1 heterocycles. The van der Waals surface area contributed by atoms with Gasteiger partial charge in [-0.15, -0.1) is 0 Å². The number of aromatic nitrogens is 2. The molecule has 7 nitrogen and oxygen atoms in total. The molecule has 0 unspecified atom stereocenters. The first-order valence-corrected chi connectivity index (χ1v) is 7.77. The summed E-state index contributed by atoms with van der Waals surface area (Å²) in [6.07, 6.45) is 0.508. The summed E-state index contributed by atoms with van der Waals surface area (Å²) in [5.74, 6) is -0.976. The first-order valence-electron chi connectivity index (χ1n) is 7.02. The van der Waals surface area contributed by atoms with Gasteiger partial charge in [0.1, 0.15) is 0 Å². The molecule has 2 rings (SSSR count). The van der Waals surface area contributed by atoms with Gasteiger partial charge in [0.05, 0.1) is 16.3 Å². The third-order valence-corrected chi connectivity index (χ3v) is 3.82. The van der Waals surface area contributed by atoms with Crippen molar-refractivity contribution < 1.29 is 9.59 Å². The van der Waals surface area contributed by atoms with Crippen LogP contribution < -0.4 is 16.4 Å². The van der Waals surface area contributed by atoms with Gasteiger partial charge in [-0.1, -0.05) is 30.1 Å². The van der Waals surface area contributed by atoms with Gasteiger partial charge in [-0.3, -0.25) is 9.59 Å². The number of halogens is 2. The summed E-state index contributed by atoms with van der Waals surface area (Å²) in [5, 5.41) is 5.85. The summed E-state index contributed by atoms with van der Waals surface area (Å²) in [6.45, 7) is 1.84. The molecule has 0 aliphatic rings. The van der Waals surface area contributed by atoms with Crippen LogP contribution >= 0.6 is 23.2 Å². The fourth-order valence-corrected chi connectivity index (χ4v) is 2.45.